The van der Waals surface area contributed by atoms with E-state index in [4.69, 9.17) is 11.6 Å². The lowest BCUT2D eigenvalue weighted by Crippen LogP contribution is -2.36. The highest BCUT2D eigenvalue weighted by molar-refractivity contribution is 8.00. The number of benzene rings is 2. The lowest BCUT2D eigenvalue weighted by atomic mass is 10.1. The molecule has 2 aromatic heterocycles. The number of carbonyl (C=O) groups is 1. The van der Waals surface area contributed by atoms with Crippen LogP contribution >= 0.6 is 23.4 Å². The Hall–Kier alpha value is -2.90. The van der Waals surface area contributed by atoms with Gasteiger partial charge in [-0.25, -0.2) is 14.6 Å². The van der Waals surface area contributed by atoms with Gasteiger partial charge in [0.05, 0.1) is 23.0 Å². The normalized spacial score (nSPS) is 15.5. The first-order valence-electron chi connectivity index (χ1n) is 9.59. The number of rotatable bonds is 4. The highest BCUT2D eigenvalue weighted by Gasteiger charge is 2.30. The van der Waals surface area contributed by atoms with Gasteiger partial charge in [-0.1, -0.05) is 41.6 Å². The van der Waals surface area contributed by atoms with Gasteiger partial charge in [0.25, 0.3) is 0 Å². The Labute approximate surface area is 182 Å². The molecule has 5 rings (SSSR count). The molecule has 1 aliphatic rings. The monoisotopic (exact) mass is 435 g/mol. The van der Waals surface area contributed by atoms with E-state index in [0.29, 0.717) is 16.4 Å². The highest BCUT2D eigenvalue weighted by Crippen LogP contribution is 2.33. The average Bonchev–Trinajstić information content (AvgIpc) is 3.33. The van der Waals surface area contributed by atoms with E-state index in [1.807, 2.05) is 47.4 Å². The largest absolute Gasteiger partial charge is 0.308 e. The first-order valence-corrected chi connectivity index (χ1v) is 11.0. The zero-order valence-corrected chi connectivity index (χ0v) is 17.8. The Morgan fingerprint density at radius 1 is 1.17 bits per heavy atom. The Morgan fingerprint density at radius 3 is 2.80 bits per heavy atom. The SMILES string of the molecule is CC1Cc2ccccc2N1C(=O)CSc1ncnc2c1cnn2-c1ccc(Cl)cc1. The molecule has 0 spiro atoms. The second kappa shape index (κ2) is 7.74. The molecule has 1 atom stereocenters. The summed E-state index contributed by atoms with van der Waals surface area (Å²) in [6, 6.07) is 15.7. The van der Waals surface area contributed by atoms with Crippen molar-refractivity contribution >= 4 is 46.0 Å². The van der Waals surface area contributed by atoms with Crippen LogP contribution in [0.15, 0.2) is 66.1 Å². The second-order valence-electron chi connectivity index (χ2n) is 7.18. The first kappa shape index (κ1) is 19.1. The van der Waals surface area contributed by atoms with Crippen LogP contribution in [-0.4, -0.2) is 37.5 Å². The van der Waals surface area contributed by atoms with E-state index in [0.717, 1.165) is 28.2 Å². The number of hydrogen-bond acceptors (Lipinski definition) is 5. The van der Waals surface area contributed by atoms with Crippen LogP contribution in [-0.2, 0) is 11.2 Å². The van der Waals surface area contributed by atoms with Gasteiger partial charge >= 0.3 is 0 Å². The number of hydrogen-bond donors (Lipinski definition) is 0. The summed E-state index contributed by atoms with van der Waals surface area (Å²) in [7, 11) is 0. The molecule has 1 unspecified atom stereocenters. The minimum absolute atomic E-state index is 0.0781. The number of nitrogens with zero attached hydrogens (tertiary/aromatic N) is 5. The summed E-state index contributed by atoms with van der Waals surface area (Å²) >= 11 is 7.40. The number of amides is 1. The van der Waals surface area contributed by atoms with Crippen LogP contribution in [0.5, 0.6) is 0 Å². The van der Waals surface area contributed by atoms with Gasteiger partial charge in [0, 0.05) is 16.8 Å². The van der Waals surface area contributed by atoms with Gasteiger partial charge in [0.2, 0.25) is 5.91 Å². The molecule has 0 radical (unpaired) electrons. The van der Waals surface area contributed by atoms with Crippen molar-refractivity contribution < 1.29 is 4.79 Å². The smallest absolute Gasteiger partial charge is 0.237 e. The molecule has 0 N–H and O–H groups in total. The summed E-state index contributed by atoms with van der Waals surface area (Å²) in [6.45, 7) is 2.08. The van der Waals surface area contributed by atoms with E-state index in [9.17, 15) is 4.79 Å². The number of thioether (sulfide) groups is 1. The second-order valence-corrected chi connectivity index (χ2v) is 8.58. The molecule has 8 heteroatoms. The van der Waals surface area contributed by atoms with Crippen molar-refractivity contribution in [2.45, 2.75) is 24.4 Å². The van der Waals surface area contributed by atoms with Gasteiger partial charge in [-0.05, 0) is 49.2 Å². The summed E-state index contributed by atoms with van der Waals surface area (Å²) in [4.78, 5) is 23.7. The third-order valence-corrected chi connectivity index (χ3v) is 6.45. The third-order valence-electron chi connectivity index (χ3n) is 5.21. The molecule has 30 heavy (non-hydrogen) atoms. The van der Waals surface area contributed by atoms with Crippen LogP contribution in [0.4, 0.5) is 5.69 Å². The van der Waals surface area contributed by atoms with Crippen LogP contribution < -0.4 is 4.90 Å². The van der Waals surface area contributed by atoms with E-state index >= 15 is 0 Å². The van der Waals surface area contributed by atoms with Crippen molar-refractivity contribution in [1.82, 2.24) is 19.7 Å². The van der Waals surface area contributed by atoms with Gasteiger partial charge in [-0.15, -0.1) is 0 Å². The van der Waals surface area contributed by atoms with E-state index in [-0.39, 0.29) is 11.9 Å². The molecule has 0 fully saturated rings. The minimum Gasteiger partial charge on any atom is -0.308 e. The highest BCUT2D eigenvalue weighted by atomic mass is 35.5. The molecule has 4 aromatic rings. The van der Waals surface area contributed by atoms with Crippen LogP contribution in [0, 0.1) is 0 Å². The lowest BCUT2D eigenvalue weighted by Gasteiger charge is -2.22. The molecule has 1 aliphatic heterocycles. The zero-order valence-electron chi connectivity index (χ0n) is 16.2. The zero-order chi connectivity index (χ0) is 20.7. The standard InChI is InChI=1S/C22H18ClN5OS/c1-14-10-15-4-2-3-5-19(15)27(14)20(29)12-30-22-18-11-26-28(21(18)24-13-25-22)17-8-6-16(23)7-9-17/h2-9,11,13-14H,10,12H2,1H3. The van der Waals surface area contributed by atoms with Gasteiger partial charge in [0.15, 0.2) is 5.65 Å². The number of fused-ring (bicyclic) bond motifs is 2. The fraction of sp³-hybridized carbons (Fsp3) is 0.182. The molecule has 2 aromatic carbocycles. The maximum Gasteiger partial charge on any atom is 0.237 e. The predicted octanol–water partition coefficient (Wildman–Crippen LogP) is 4.54. The minimum atomic E-state index is 0.0781. The number of para-hydroxylation sites is 1. The number of halogens is 1. The molecule has 0 bridgehead atoms. The van der Waals surface area contributed by atoms with Gasteiger partial charge in [0.1, 0.15) is 11.4 Å². The Bertz CT molecular complexity index is 1240. The van der Waals surface area contributed by atoms with Gasteiger partial charge in [-0.3, -0.25) is 4.79 Å². The maximum atomic E-state index is 13.0. The van der Waals surface area contributed by atoms with Crippen LogP contribution in [0.2, 0.25) is 5.02 Å². The molecule has 3 heterocycles. The van der Waals surface area contributed by atoms with E-state index in [2.05, 4.69) is 28.1 Å². The fourth-order valence-corrected chi connectivity index (χ4v) is 4.80. The first-order chi connectivity index (χ1) is 14.6. The van der Waals surface area contributed by atoms with Gasteiger partial charge in [-0.2, -0.15) is 5.10 Å². The summed E-state index contributed by atoms with van der Waals surface area (Å²) in [6.07, 6.45) is 4.14. The van der Waals surface area contributed by atoms with Crippen LogP contribution in [0.25, 0.3) is 16.7 Å². The summed E-state index contributed by atoms with van der Waals surface area (Å²) in [5, 5.41) is 6.69. The van der Waals surface area contributed by atoms with Crippen molar-refractivity contribution in [3.8, 4) is 5.69 Å². The Balaban J connectivity index is 1.39. The topological polar surface area (TPSA) is 63.9 Å². The molecular weight excluding hydrogens is 418 g/mol. The van der Waals surface area contributed by atoms with Gasteiger partial charge < -0.3 is 4.90 Å². The van der Waals surface area contributed by atoms with Crippen molar-refractivity contribution in [2.24, 2.45) is 0 Å². The third kappa shape index (κ3) is 3.34. The maximum absolute atomic E-state index is 13.0. The fourth-order valence-electron chi connectivity index (χ4n) is 3.85. The quantitative estimate of drug-likeness (QED) is 0.348. The van der Waals surface area contributed by atoms with E-state index in [1.54, 1.807) is 10.9 Å². The predicted molar refractivity (Wildman–Crippen MR) is 119 cm³/mol. The number of anilines is 1. The van der Waals surface area contributed by atoms with E-state index < -0.39 is 0 Å². The molecule has 150 valence electrons. The molecular formula is C22H18ClN5OS. The number of carbonyl (C=O) groups excluding carboxylic acids is 1. The van der Waals surface area contributed by atoms with Crippen molar-refractivity contribution in [3.63, 3.8) is 0 Å². The van der Waals surface area contributed by atoms with E-state index in [1.165, 1.54) is 23.7 Å². The summed E-state index contributed by atoms with van der Waals surface area (Å²) in [5.74, 6) is 0.381. The molecule has 0 aliphatic carbocycles. The molecule has 1 amide bonds. The van der Waals surface area contributed by atoms with Crippen molar-refractivity contribution in [3.05, 3.63) is 71.6 Å². The molecule has 0 saturated heterocycles. The number of aromatic nitrogens is 4. The van der Waals surface area contributed by atoms with Crippen LogP contribution in [0.3, 0.4) is 0 Å². The molecule has 6 nitrogen and oxygen atoms in total. The Morgan fingerprint density at radius 2 is 1.97 bits per heavy atom. The molecule has 0 saturated carbocycles. The van der Waals surface area contributed by atoms with Crippen molar-refractivity contribution in [2.75, 3.05) is 10.7 Å². The average molecular weight is 436 g/mol. The van der Waals surface area contributed by atoms with Crippen molar-refractivity contribution in [1.29, 1.82) is 0 Å². The summed E-state index contributed by atoms with van der Waals surface area (Å²) < 4.78 is 1.75. The summed E-state index contributed by atoms with van der Waals surface area (Å²) in [5.41, 5.74) is 3.79. The lowest BCUT2D eigenvalue weighted by molar-refractivity contribution is -0.116. The Kier molecular flexibility index (Phi) is 4.92. The van der Waals surface area contributed by atoms with Crippen LogP contribution in [0.1, 0.15) is 12.5 Å².